The van der Waals surface area contributed by atoms with Crippen LogP contribution in [-0.4, -0.2) is 30.6 Å². The van der Waals surface area contributed by atoms with Gasteiger partial charge in [-0.2, -0.15) is 0 Å². The van der Waals surface area contributed by atoms with Gasteiger partial charge in [0.1, 0.15) is 12.2 Å². The first-order valence-corrected chi connectivity index (χ1v) is 15.6. The maximum atomic E-state index is 12.1. The predicted molar refractivity (Wildman–Crippen MR) is 150 cm³/mol. The molecule has 0 aromatic rings. The van der Waals surface area contributed by atoms with Gasteiger partial charge in [0.05, 0.1) is 5.76 Å². The van der Waals surface area contributed by atoms with Gasteiger partial charge in [-0.25, -0.2) is 0 Å². The van der Waals surface area contributed by atoms with Gasteiger partial charge in [-0.1, -0.05) is 39.3 Å². The van der Waals surface area contributed by atoms with Crippen LogP contribution >= 0.6 is 0 Å². The molecule has 0 unspecified atom stereocenters. The van der Waals surface area contributed by atoms with Crippen molar-refractivity contribution in [1.29, 1.82) is 0 Å². The lowest BCUT2D eigenvalue weighted by molar-refractivity contribution is -0.151. The Hall–Kier alpha value is -1.78. The number of amides is 1. The summed E-state index contributed by atoms with van der Waals surface area (Å²) >= 11 is 0. The SMILES string of the molecule is CCCC(=O)O[C@@H]1CC[C@@]2(C)C(=CC[C@H]3[C@H]2CC[C@]2(C)[C@@H]4C(C)=C(CC[C@H](C)CNC(C)=O)O[C@H]4C[C@@H]32)C1. The smallest absolute Gasteiger partial charge is 0.306 e. The van der Waals surface area contributed by atoms with Crippen LogP contribution in [0.3, 0.4) is 0 Å². The normalized spacial score (nSPS) is 40.2. The van der Waals surface area contributed by atoms with E-state index in [1.54, 1.807) is 12.5 Å². The zero-order chi connectivity index (χ0) is 27.2. The van der Waals surface area contributed by atoms with Gasteiger partial charge in [-0.05, 0) is 98.4 Å². The molecule has 1 aliphatic heterocycles. The average Bonchev–Trinajstić information content (AvgIpc) is 3.34. The molecule has 5 nitrogen and oxygen atoms in total. The zero-order valence-corrected chi connectivity index (χ0v) is 24.7. The van der Waals surface area contributed by atoms with Crippen LogP contribution in [-0.2, 0) is 19.1 Å². The molecule has 1 amide bonds. The first-order chi connectivity index (χ1) is 18.1. The summed E-state index contributed by atoms with van der Waals surface area (Å²) in [6.45, 7) is 14.0. The molecule has 0 aromatic heterocycles. The maximum absolute atomic E-state index is 12.1. The highest BCUT2D eigenvalue weighted by atomic mass is 16.5. The predicted octanol–water partition coefficient (Wildman–Crippen LogP) is 7.11. The fourth-order valence-corrected chi connectivity index (χ4v) is 9.56. The topological polar surface area (TPSA) is 64.6 Å². The number of esters is 1. The van der Waals surface area contributed by atoms with Gasteiger partial charge in [0.2, 0.25) is 5.91 Å². The number of hydrogen-bond donors (Lipinski definition) is 1. The van der Waals surface area contributed by atoms with E-state index in [4.69, 9.17) is 9.47 Å². The standard InChI is InChI=1S/C33H51NO4/c1-7-8-30(36)37-24-13-15-32(5)23(17-24)10-11-25-26(32)14-16-33(6)27(25)18-29-31(33)21(3)28(38-29)12-9-20(2)19-34-22(4)35/h10,20,24-27,29,31H,7-9,11-19H2,1-6H3,(H,34,35)/t20-,24+,25-,26+,27-,29-,31+,32-,33-/m0/s1. The van der Waals surface area contributed by atoms with Crippen molar-refractivity contribution in [3.63, 3.8) is 0 Å². The highest BCUT2D eigenvalue weighted by molar-refractivity contribution is 5.72. The van der Waals surface area contributed by atoms with Gasteiger partial charge in [0, 0.05) is 38.6 Å². The van der Waals surface area contributed by atoms with Gasteiger partial charge in [0.25, 0.3) is 0 Å². The molecule has 9 atom stereocenters. The molecular weight excluding hydrogens is 474 g/mol. The van der Waals surface area contributed by atoms with Gasteiger partial charge < -0.3 is 14.8 Å². The van der Waals surface area contributed by atoms with Crippen LogP contribution in [0.4, 0.5) is 0 Å². The highest BCUT2D eigenvalue weighted by Gasteiger charge is 2.63. The Bertz CT molecular complexity index is 999. The number of carbonyl (C=O) groups is 2. The summed E-state index contributed by atoms with van der Waals surface area (Å²) in [7, 11) is 0. The van der Waals surface area contributed by atoms with E-state index < -0.39 is 0 Å². The summed E-state index contributed by atoms with van der Waals surface area (Å²) in [5.41, 5.74) is 3.67. The number of nitrogens with one attached hydrogen (secondary N) is 1. The quantitative estimate of drug-likeness (QED) is 0.271. The van der Waals surface area contributed by atoms with Crippen molar-refractivity contribution in [3.8, 4) is 0 Å². The van der Waals surface area contributed by atoms with Crippen molar-refractivity contribution in [2.24, 2.45) is 40.4 Å². The molecule has 5 heteroatoms. The summed E-state index contributed by atoms with van der Waals surface area (Å²) in [5.74, 6) is 4.49. The molecule has 0 radical (unpaired) electrons. The molecule has 5 aliphatic rings. The lowest BCUT2D eigenvalue weighted by atomic mass is 9.47. The van der Waals surface area contributed by atoms with Crippen LogP contribution in [0.25, 0.3) is 0 Å². The minimum atomic E-state index is -0.0219. The Kier molecular flexibility index (Phi) is 7.79. The van der Waals surface area contributed by atoms with Gasteiger partial charge in [-0.15, -0.1) is 0 Å². The summed E-state index contributed by atoms with van der Waals surface area (Å²) in [6, 6.07) is 0. The monoisotopic (exact) mass is 525 g/mol. The Morgan fingerprint density at radius 3 is 2.74 bits per heavy atom. The molecular formula is C33H51NO4. The maximum Gasteiger partial charge on any atom is 0.306 e. The van der Waals surface area contributed by atoms with Crippen LogP contribution in [0, 0.1) is 40.4 Å². The third-order valence-corrected chi connectivity index (χ3v) is 11.6. The number of fused-ring (bicyclic) bond motifs is 7. The van der Waals surface area contributed by atoms with Crippen molar-refractivity contribution >= 4 is 11.9 Å². The largest absolute Gasteiger partial charge is 0.494 e. The van der Waals surface area contributed by atoms with Gasteiger partial charge >= 0.3 is 5.97 Å². The second-order valence-corrected chi connectivity index (χ2v) is 14.0. The van der Waals surface area contributed by atoms with Crippen molar-refractivity contribution in [2.45, 2.75) is 124 Å². The average molecular weight is 526 g/mol. The molecule has 1 heterocycles. The molecule has 1 N–H and O–H groups in total. The molecule has 0 aromatic carbocycles. The van der Waals surface area contributed by atoms with E-state index >= 15 is 0 Å². The molecule has 0 bridgehead atoms. The van der Waals surface area contributed by atoms with E-state index in [0.717, 1.165) is 62.8 Å². The van der Waals surface area contributed by atoms with E-state index in [2.05, 4.69) is 39.1 Å². The Balaban J connectivity index is 1.26. The molecule has 212 valence electrons. The Morgan fingerprint density at radius 1 is 1.21 bits per heavy atom. The Morgan fingerprint density at radius 2 is 2.00 bits per heavy atom. The van der Waals surface area contributed by atoms with Crippen LogP contribution < -0.4 is 5.32 Å². The number of allylic oxidation sites excluding steroid dienone is 2. The van der Waals surface area contributed by atoms with Crippen molar-refractivity contribution in [1.82, 2.24) is 5.32 Å². The fourth-order valence-electron chi connectivity index (χ4n) is 9.56. The fraction of sp³-hybridized carbons (Fsp3) is 0.818. The summed E-state index contributed by atoms with van der Waals surface area (Å²) in [6.07, 6.45) is 14.5. The number of rotatable bonds is 8. The van der Waals surface area contributed by atoms with Gasteiger partial charge in [-0.3, -0.25) is 9.59 Å². The van der Waals surface area contributed by atoms with Crippen LogP contribution in [0.2, 0.25) is 0 Å². The van der Waals surface area contributed by atoms with Crippen molar-refractivity contribution < 1.29 is 19.1 Å². The van der Waals surface area contributed by atoms with E-state index in [0.29, 0.717) is 29.8 Å². The molecule has 0 spiro atoms. The molecule has 3 fully saturated rings. The minimum Gasteiger partial charge on any atom is -0.494 e. The number of carbonyl (C=O) groups excluding carboxylic acids is 2. The van der Waals surface area contributed by atoms with Crippen LogP contribution in [0.1, 0.15) is 112 Å². The Labute approximate surface area is 230 Å². The molecule has 38 heavy (non-hydrogen) atoms. The minimum absolute atomic E-state index is 0.0219. The summed E-state index contributed by atoms with van der Waals surface area (Å²) < 4.78 is 12.6. The summed E-state index contributed by atoms with van der Waals surface area (Å²) in [4.78, 5) is 23.4. The van der Waals surface area contributed by atoms with Crippen LogP contribution in [0.5, 0.6) is 0 Å². The van der Waals surface area contributed by atoms with Gasteiger partial charge in [0.15, 0.2) is 0 Å². The second kappa shape index (κ2) is 10.7. The first kappa shape index (κ1) is 27.8. The number of ether oxygens (including phenoxy) is 2. The third-order valence-electron chi connectivity index (χ3n) is 11.6. The first-order valence-electron chi connectivity index (χ1n) is 15.6. The molecule has 4 aliphatic carbocycles. The van der Waals surface area contributed by atoms with Crippen LogP contribution in [0.15, 0.2) is 23.0 Å². The zero-order valence-electron chi connectivity index (χ0n) is 24.7. The molecule has 0 saturated heterocycles. The third kappa shape index (κ3) is 4.85. The summed E-state index contributed by atoms with van der Waals surface area (Å²) in [5, 5.41) is 2.96. The highest BCUT2D eigenvalue weighted by Crippen LogP contribution is 2.69. The lowest BCUT2D eigenvalue weighted by Gasteiger charge is -2.58. The van der Waals surface area contributed by atoms with Crippen molar-refractivity contribution in [3.05, 3.63) is 23.0 Å². The second-order valence-electron chi connectivity index (χ2n) is 14.0. The number of hydrogen-bond acceptors (Lipinski definition) is 4. The van der Waals surface area contributed by atoms with Crippen molar-refractivity contribution in [2.75, 3.05) is 6.54 Å². The van der Waals surface area contributed by atoms with E-state index in [1.807, 2.05) is 6.92 Å². The van der Waals surface area contributed by atoms with E-state index in [1.165, 1.54) is 37.0 Å². The molecule has 3 saturated carbocycles. The lowest BCUT2D eigenvalue weighted by Crippen LogP contribution is -2.50. The molecule has 5 rings (SSSR count). The van der Waals surface area contributed by atoms with E-state index in [9.17, 15) is 9.59 Å². The van der Waals surface area contributed by atoms with E-state index in [-0.39, 0.29) is 23.4 Å².